The van der Waals surface area contributed by atoms with Crippen LogP contribution in [0.1, 0.15) is 43.2 Å². The Labute approximate surface area is 180 Å². The first kappa shape index (κ1) is 21.3. The predicted octanol–water partition coefficient (Wildman–Crippen LogP) is 4.00. The molecule has 0 saturated carbocycles. The fourth-order valence-electron chi connectivity index (χ4n) is 3.95. The number of fused-ring (bicyclic) bond motifs is 1. The largest absolute Gasteiger partial charge is 0.451 e. The Morgan fingerprint density at radius 1 is 1.13 bits per heavy atom. The van der Waals surface area contributed by atoms with Crippen molar-refractivity contribution in [1.82, 2.24) is 4.31 Å². The molecule has 2 heterocycles. The number of carbonyl (C=O) groups is 1. The van der Waals surface area contributed by atoms with Crippen LogP contribution in [0.5, 0.6) is 0 Å². The first-order chi connectivity index (χ1) is 14.9. The van der Waals surface area contributed by atoms with Gasteiger partial charge in [0.2, 0.25) is 10.0 Å². The lowest BCUT2D eigenvalue weighted by Crippen LogP contribution is -2.43. The van der Waals surface area contributed by atoms with Crippen molar-refractivity contribution in [3.8, 4) is 0 Å². The average Bonchev–Trinajstić information content (AvgIpc) is 2.79. The van der Waals surface area contributed by atoms with Crippen molar-refractivity contribution in [3.63, 3.8) is 0 Å². The van der Waals surface area contributed by atoms with Gasteiger partial charge in [-0.15, -0.1) is 0 Å². The fraction of sp³-hybridized carbons (Fsp3) is 0.304. The van der Waals surface area contributed by atoms with E-state index in [-0.39, 0.29) is 22.1 Å². The molecular weight excluding hydrogens is 416 g/mol. The second-order valence-electron chi connectivity index (χ2n) is 7.62. The van der Waals surface area contributed by atoms with Crippen molar-refractivity contribution in [2.75, 3.05) is 11.9 Å². The van der Waals surface area contributed by atoms with Gasteiger partial charge < -0.3 is 9.73 Å². The quantitative estimate of drug-likeness (QED) is 0.647. The van der Waals surface area contributed by atoms with Crippen molar-refractivity contribution in [2.45, 2.75) is 43.5 Å². The lowest BCUT2D eigenvalue weighted by molar-refractivity contribution is 0.0997. The highest BCUT2D eigenvalue weighted by Gasteiger charge is 2.32. The summed E-state index contributed by atoms with van der Waals surface area (Å²) in [6, 6.07) is 13.9. The van der Waals surface area contributed by atoms with Crippen LogP contribution in [0.4, 0.5) is 5.69 Å². The number of nitrogens with one attached hydrogen (secondary N) is 1. The van der Waals surface area contributed by atoms with Gasteiger partial charge in [0.15, 0.2) is 11.2 Å². The SMILES string of the molecule is CC[C@@H]1CCCCN1S(=O)(=O)c1ccc(NC(=O)c2cc(=O)c3ccccc3o2)cc1. The van der Waals surface area contributed by atoms with E-state index in [1.807, 2.05) is 6.92 Å². The third-order valence-electron chi connectivity index (χ3n) is 5.62. The molecule has 1 aromatic heterocycles. The number of hydrogen-bond donors (Lipinski definition) is 1. The van der Waals surface area contributed by atoms with Crippen LogP contribution >= 0.6 is 0 Å². The number of hydrogen-bond acceptors (Lipinski definition) is 5. The topological polar surface area (TPSA) is 96.7 Å². The molecule has 1 aliphatic rings. The molecule has 1 amide bonds. The minimum Gasteiger partial charge on any atom is -0.451 e. The van der Waals surface area contributed by atoms with Gasteiger partial charge in [0, 0.05) is 24.3 Å². The summed E-state index contributed by atoms with van der Waals surface area (Å²) in [5.41, 5.74) is 0.430. The average molecular weight is 441 g/mol. The van der Waals surface area contributed by atoms with Gasteiger partial charge in [-0.1, -0.05) is 25.5 Å². The number of benzene rings is 2. The second kappa shape index (κ2) is 8.64. The first-order valence-electron chi connectivity index (χ1n) is 10.4. The number of piperidine rings is 1. The van der Waals surface area contributed by atoms with Gasteiger partial charge in [0.1, 0.15) is 5.58 Å². The Hall–Kier alpha value is -2.97. The molecule has 1 atom stereocenters. The van der Waals surface area contributed by atoms with Crippen LogP contribution in [0.3, 0.4) is 0 Å². The number of rotatable bonds is 5. The van der Waals surface area contributed by atoms with E-state index >= 15 is 0 Å². The summed E-state index contributed by atoms with van der Waals surface area (Å²) in [4.78, 5) is 24.9. The van der Waals surface area contributed by atoms with Crippen LogP contribution < -0.4 is 10.7 Å². The minimum absolute atomic E-state index is 0.0222. The predicted molar refractivity (Wildman–Crippen MR) is 119 cm³/mol. The van der Waals surface area contributed by atoms with Gasteiger partial charge in [-0.3, -0.25) is 9.59 Å². The van der Waals surface area contributed by atoms with E-state index in [1.165, 1.54) is 24.3 Å². The summed E-state index contributed by atoms with van der Waals surface area (Å²) < 4.78 is 33.3. The van der Waals surface area contributed by atoms with Crippen molar-refractivity contribution >= 4 is 32.6 Å². The molecule has 0 unspecified atom stereocenters. The van der Waals surface area contributed by atoms with Crippen LogP contribution in [-0.2, 0) is 10.0 Å². The molecule has 8 heteroatoms. The molecule has 1 saturated heterocycles. The maximum Gasteiger partial charge on any atom is 0.291 e. The van der Waals surface area contributed by atoms with E-state index in [4.69, 9.17) is 4.42 Å². The van der Waals surface area contributed by atoms with Crippen LogP contribution in [-0.4, -0.2) is 31.2 Å². The number of carbonyl (C=O) groups excluding carboxylic acids is 1. The van der Waals surface area contributed by atoms with E-state index in [0.29, 0.717) is 23.2 Å². The molecular formula is C23H24N2O5S. The monoisotopic (exact) mass is 440 g/mol. The Kier molecular flexibility index (Phi) is 5.93. The van der Waals surface area contributed by atoms with Crippen LogP contribution in [0, 0.1) is 0 Å². The van der Waals surface area contributed by atoms with Gasteiger partial charge in [0.05, 0.1) is 10.3 Å². The molecule has 0 aliphatic carbocycles. The molecule has 1 N–H and O–H groups in total. The van der Waals surface area contributed by atoms with Crippen LogP contribution in [0.2, 0.25) is 0 Å². The van der Waals surface area contributed by atoms with Gasteiger partial charge >= 0.3 is 0 Å². The molecule has 4 rings (SSSR count). The molecule has 3 aromatic rings. The van der Waals surface area contributed by atoms with Gasteiger partial charge in [0.25, 0.3) is 5.91 Å². The van der Waals surface area contributed by atoms with Crippen LogP contribution in [0.25, 0.3) is 11.0 Å². The zero-order chi connectivity index (χ0) is 22.0. The number of para-hydroxylation sites is 1. The summed E-state index contributed by atoms with van der Waals surface area (Å²) in [6.07, 6.45) is 3.56. The van der Waals surface area contributed by atoms with E-state index in [0.717, 1.165) is 31.7 Å². The Morgan fingerprint density at radius 2 is 1.87 bits per heavy atom. The molecule has 0 radical (unpaired) electrons. The van der Waals surface area contributed by atoms with E-state index in [2.05, 4.69) is 5.32 Å². The van der Waals surface area contributed by atoms with E-state index in [9.17, 15) is 18.0 Å². The minimum atomic E-state index is -3.59. The standard InChI is InChI=1S/C23H24N2O5S/c1-2-17-7-5-6-14-25(17)31(28,29)18-12-10-16(11-13-18)24-23(27)22-15-20(26)19-8-3-4-9-21(19)30-22/h3-4,8-13,15,17H,2,5-7,14H2,1H3,(H,24,27)/t17-/m1/s1. The zero-order valence-corrected chi connectivity index (χ0v) is 18.0. The highest BCUT2D eigenvalue weighted by molar-refractivity contribution is 7.89. The number of sulfonamides is 1. The Morgan fingerprint density at radius 3 is 2.61 bits per heavy atom. The Bertz CT molecular complexity index is 1270. The van der Waals surface area contributed by atoms with Crippen molar-refractivity contribution in [1.29, 1.82) is 0 Å². The highest BCUT2D eigenvalue weighted by atomic mass is 32.2. The van der Waals surface area contributed by atoms with E-state index < -0.39 is 15.9 Å². The lowest BCUT2D eigenvalue weighted by atomic mass is 10.0. The lowest BCUT2D eigenvalue weighted by Gasteiger charge is -2.34. The van der Waals surface area contributed by atoms with Gasteiger partial charge in [-0.25, -0.2) is 8.42 Å². The molecule has 1 aliphatic heterocycles. The molecule has 0 spiro atoms. The summed E-state index contributed by atoms with van der Waals surface area (Å²) in [5, 5.41) is 3.05. The maximum absolute atomic E-state index is 13.1. The number of anilines is 1. The summed E-state index contributed by atoms with van der Waals surface area (Å²) >= 11 is 0. The fourth-order valence-corrected chi connectivity index (χ4v) is 5.72. The molecule has 7 nitrogen and oxygen atoms in total. The van der Waals surface area contributed by atoms with E-state index in [1.54, 1.807) is 28.6 Å². The summed E-state index contributed by atoms with van der Waals surface area (Å²) in [6.45, 7) is 2.53. The summed E-state index contributed by atoms with van der Waals surface area (Å²) in [5.74, 6) is -0.694. The third-order valence-corrected chi connectivity index (χ3v) is 7.59. The van der Waals surface area contributed by atoms with Crippen molar-refractivity contribution < 1.29 is 17.6 Å². The second-order valence-corrected chi connectivity index (χ2v) is 9.51. The van der Waals surface area contributed by atoms with Crippen LogP contribution in [0.15, 0.2) is 68.7 Å². The highest BCUT2D eigenvalue weighted by Crippen LogP contribution is 2.27. The molecule has 162 valence electrons. The van der Waals surface area contributed by atoms with Crippen molar-refractivity contribution in [3.05, 3.63) is 70.6 Å². The normalized spacial score (nSPS) is 17.5. The maximum atomic E-state index is 13.1. The Balaban J connectivity index is 1.53. The first-order valence-corrected chi connectivity index (χ1v) is 11.8. The molecule has 0 bridgehead atoms. The number of nitrogens with zero attached hydrogens (tertiary/aromatic N) is 1. The zero-order valence-electron chi connectivity index (χ0n) is 17.2. The molecule has 31 heavy (non-hydrogen) atoms. The smallest absolute Gasteiger partial charge is 0.291 e. The third kappa shape index (κ3) is 4.26. The van der Waals surface area contributed by atoms with Gasteiger partial charge in [-0.2, -0.15) is 4.31 Å². The molecule has 2 aromatic carbocycles. The van der Waals surface area contributed by atoms with Crippen molar-refractivity contribution in [2.24, 2.45) is 0 Å². The molecule has 1 fully saturated rings. The summed E-state index contributed by atoms with van der Waals surface area (Å²) in [7, 11) is -3.59. The number of amides is 1. The van der Waals surface area contributed by atoms with Gasteiger partial charge in [-0.05, 0) is 55.7 Å².